The number of nitrogens with zero attached hydrogens (tertiary/aromatic N) is 3. The van der Waals surface area contributed by atoms with Crippen molar-refractivity contribution in [2.24, 2.45) is 4.99 Å². The highest BCUT2D eigenvalue weighted by atomic mass is 32.2. The lowest BCUT2D eigenvalue weighted by atomic mass is 10.2. The third-order valence-corrected chi connectivity index (χ3v) is 7.89. The van der Waals surface area contributed by atoms with E-state index in [9.17, 15) is 13.2 Å². The van der Waals surface area contributed by atoms with Crippen LogP contribution >= 0.6 is 11.3 Å². The molecular weight excluding hydrogens is 474 g/mol. The number of thiazole rings is 1. The normalized spacial score (nSPS) is 12.3. The van der Waals surface area contributed by atoms with Crippen molar-refractivity contribution in [1.29, 1.82) is 0 Å². The van der Waals surface area contributed by atoms with Gasteiger partial charge in [0.1, 0.15) is 11.3 Å². The van der Waals surface area contributed by atoms with Crippen LogP contribution in [0.5, 0.6) is 5.75 Å². The van der Waals surface area contributed by atoms with Gasteiger partial charge in [0, 0.05) is 32.3 Å². The molecule has 0 saturated carbocycles. The van der Waals surface area contributed by atoms with Crippen molar-refractivity contribution in [2.45, 2.75) is 11.4 Å². The van der Waals surface area contributed by atoms with Crippen molar-refractivity contribution < 1.29 is 22.7 Å². The molecule has 0 aliphatic heterocycles. The molecule has 8 nitrogen and oxygen atoms in total. The number of para-hydroxylation sites is 1. The third-order valence-electron chi connectivity index (χ3n) is 5.00. The summed E-state index contributed by atoms with van der Waals surface area (Å²) < 4.78 is 40.6. The minimum Gasteiger partial charge on any atom is -0.495 e. The quantitative estimate of drug-likeness (QED) is 0.376. The number of sulfonamides is 1. The molecule has 2 aromatic carbocycles. The van der Waals surface area contributed by atoms with Crippen LogP contribution in [0.4, 0.5) is 0 Å². The van der Waals surface area contributed by atoms with E-state index in [1.165, 1.54) is 52.1 Å². The summed E-state index contributed by atoms with van der Waals surface area (Å²) in [5.74, 6) is 0.201. The Morgan fingerprint density at radius 1 is 1.12 bits per heavy atom. The van der Waals surface area contributed by atoms with Crippen molar-refractivity contribution in [2.75, 3.05) is 33.9 Å². The third kappa shape index (κ3) is 5.36. The summed E-state index contributed by atoms with van der Waals surface area (Å²) in [6.45, 7) is 8.44. The minimum atomic E-state index is -3.75. The van der Waals surface area contributed by atoms with Crippen LogP contribution in [0.2, 0.25) is 0 Å². The smallest absolute Gasteiger partial charge is 0.279 e. The lowest BCUT2D eigenvalue weighted by molar-refractivity contribution is 0.0997. The number of amides is 1. The van der Waals surface area contributed by atoms with Crippen LogP contribution in [0, 0.1) is 0 Å². The molecule has 0 bridgehead atoms. The number of carbonyl (C=O) groups is 1. The highest BCUT2D eigenvalue weighted by Crippen LogP contribution is 2.27. The van der Waals surface area contributed by atoms with Gasteiger partial charge in [0.2, 0.25) is 10.0 Å². The molecule has 0 unspecified atom stereocenters. The van der Waals surface area contributed by atoms with Crippen molar-refractivity contribution >= 4 is 37.5 Å². The van der Waals surface area contributed by atoms with Crippen LogP contribution < -0.4 is 9.54 Å². The van der Waals surface area contributed by atoms with Crippen molar-refractivity contribution in [3.63, 3.8) is 0 Å². The average molecular weight is 502 g/mol. The first-order valence-electron chi connectivity index (χ1n) is 10.4. The fourth-order valence-corrected chi connectivity index (χ4v) is 5.82. The van der Waals surface area contributed by atoms with Crippen LogP contribution in [-0.4, -0.2) is 57.1 Å². The zero-order chi connectivity index (χ0) is 24.7. The highest BCUT2D eigenvalue weighted by Gasteiger charge is 2.22. The van der Waals surface area contributed by atoms with Gasteiger partial charge in [-0.3, -0.25) is 4.79 Å². The maximum atomic E-state index is 12.9. The van der Waals surface area contributed by atoms with Crippen LogP contribution in [0.1, 0.15) is 10.4 Å². The predicted molar refractivity (Wildman–Crippen MR) is 134 cm³/mol. The summed E-state index contributed by atoms with van der Waals surface area (Å²) in [5, 5.41) is 0. The van der Waals surface area contributed by atoms with Gasteiger partial charge >= 0.3 is 0 Å². The molecule has 0 aliphatic carbocycles. The van der Waals surface area contributed by atoms with E-state index in [0.29, 0.717) is 23.7 Å². The van der Waals surface area contributed by atoms with E-state index in [0.717, 1.165) is 10.2 Å². The minimum absolute atomic E-state index is 0.0782. The molecular formula is C24H27N3O5S2. The van der Waals surface area contributed by atoms with Gasteiger partial charge in [0.25, 0.3) is 5.91 Å². The molecule has 0 spiro atoms. The van der Waals surface area contributed by atoms with Crippen LogP contribution in [0.15, 0.2) is 77.7 Å². The van der Waals surface area contributed by atoms with Gasteiger partial charge in [-0.2, -0.15) is 9.30 Å². The van der Waals surface area contributed by atoms with Crippen LogP contribution in [-0.2, 0) is 21.3 Å². The van der Waals surface area contributed by atoms with Crippen LogP contribution in [0.3, 0.4) is 0 Å². The van der Waals surface area contributed by atoms with Crippen molar-refractivity contribution in [3.8, 4) is 5.75 Å². The average Bonchev–Trinajstić information content (AvgIpc) is 3.19. The molecule has 0 radical (unpaired) electrons. The fraction of sp³-hybridized carbons (Fsp3) is 0.250. The number of fused-ring (bicyclic) bond motifs is 1. The monoisotopic (exact) mass is 501 g/mol. The maximum Gasteiger partial charge on any atom is 0.279 e. The molecule has 0 fully saturated rings. The first-order chi connectivity index (χ1) is 16.4. The second-order valence-corrected chi connectivity index (χ2v) is 10.1. The Hall–Kier alpha value is -3.05. The van der Waals surface area contributed by atoms with Crippen molar-refractivity contribution in [1.82, 2.24) is 8.87 Å². The van der Waals surface area contributed by atoms with Crippen molar-refractivity contribution in [3.05, 3.63) is 78.1 Å². The van der Waals surface area contributed by atoms with Gasteiger partial charge in [0.05, 0.1) is 23.3 Å². The number of carbonyl (C=O) groups excluding carboxylic acids is 1. The molecule has 0 aliphatic rings. The van der Waals surface area contributed by atoms with E-state index < -0.39 is 15.9 Å². The number of aromatic nitrogens is 1. The molecule has 34 heavy (non-hydrogen) atoms. The van der Waals surface area contributed by atoms with E-state index in [4.69, 9.17) is 9.47 Å². The molecule has 0 saturated heterocycles. The summed E-state index contributed by atoms with van der Waals surface area (Å²) >= 11 is 1.37. The highest BCUT2D eigenvalue weighted by molar-refractivity contribution is 7.89. The molecule has 10 heteroatoms. The maximum absolute atomic E-state index is 12.9. The van der Waals surface area contributed by atoms with Gasteiger partial charge in [-0.05, 0) is 36.4 Å². The van der Waals surface area contributed by atoms with Crippen LogP contribution in [0.25, 0.3) is 10.2 Å². The Bertz CT molecular complexity index is 1350. The number of benzene rings is 2. The first kappa shape index (κ1) is 25.6. The molecule has 0 atom stereocenters. The molecule has 3 aromatic rings. The topological polar surface area (TPSA) is 90.2 Å². The number of ether oxygens (including phenoxy) is 2. The molecule has 180 valence electrons. The number of hydrogen-bond acceptors (Lipinski definition) is 6. The zero-order valence-electron chi connectivity index (χ0n) is 19.1. The summed E-state index contributed by atoms with van der Waals surface area (Å²) in [6, 6.07) is 11.4. The number of methoxy groups -OCH3 is 2. The SMILES string of the molecule is C=CCN(CC=C)S(=O)(=O)c1ccc(C(=O)N=c2sc3cccc(OC)c3n2CCOC)cc1. The largest absolute Gasteiger partial charge is 0.495 e. The van der Waals surface area contributed by atoms with E-state index >= 15 is 0 Å². The zero-order valence-corrected chi connectivity index (χ0v) is 20.8. The van der Waals surface area contributed by atoms with Gasteiger partial charge in [-0.15, -0.1) is 13.2 Å². The Labute approximate surface area is 203 Å². The molecule has 0 N–H and O–H groups in total. The second kappa shape index (κ2) is 11.4. The van der Waals surface area contributed by atoms with Gasteiger partial charge < -0.3 is 14.0 Å². The number of hydrogen-bond donors (Lipinski definition) is 0. The summed E-state index contributed by atoms with van der Waals surface area (Å²) in [6.07, 6.45) is 3.02. The Balaban J connectivity index is 1.99. The lowest BCUT2D eigenvalue weighted by Crippen LogP contribution is -2.31. The van der Waals surface area contributed by atoms with E-state index in [1.807, 2.05) is 22.8 Å². The van der Waals surface area contributed by atoms with E-state index in [2.05, 4.69) is 18.2 Å². The van der Waals surface area contributed by atoms with Gasteiger partial charge in [-0.25, -0.2) is 8.42 Å². The molecule has 1 heterocycles. The van der Waals surface area contributed by atoms with E-state index in [-0.39, 0.29) is 23.5 Å². The summed E-state index contributed by atoms with van der Waals surface area (Å²) in [7, 11) is -0.550. The standard InChI is InChI=1S/C24H27N3O5S2/c1-5-14-26(15-6-2)34(29,30)19-12-10-18(11-13-19)23(28)25-24-27(16-17-31-3)22-20(32-4)8-7-9-21(22)33-24/h5-13H,1-2,14-17H2,3-4H3. The first-order valence-corrected chi connectivity index (χ1v) is 12.7. The molecule has 3 rings (SSSR count). The summed E-state index contributed by atoms with van der Waals surface area (Å²) in [4.78, 5) is 17.9. The fourth-order valence-electron chi connectivity index (χ4n) is 3.37. The number of rotatable bonds is 11. The van der Waals surface area contributed by atoms with Gasteiger partial charge in [0.15, 0.2) is 4.80 Å². The molecule has 1 aromatic heterocycles. The Morgan fingerprint density at radius 3 is 2.38 bits per heavy atom. The second-order valence-electron chi connectivity index (χ2n) is 7.18. The Kier molecular flexibility index (Phi) is 8.56. The predicted octanol–water partition coefficient (Wildman–Crippen LogP) is 3.46. The van der Waals surface area contributed by atoms with Gasteiger partial charge in [-0.1, -0.05) is 29.6 Å². The lowest BCUT2D eigenvalue weighted by Gasteiger charge is -2.19. The Morgan fingerprint density at radius 2 is 1.79 bits per heavy atom. The summed E-state index contributed by atoms with van der Waals surface area (Å²) in [5.41, 5.74) is 1.12. The molecule has 1 amide bonds. The van der Waals surface area contributed by atoms with E-state index in [1.54, 1.807) is 14.2 Å².